The third-order valence-electron chi connectivity index (χ3n) is 5.26. The third kappa shape index (κ3) is 8.82. The molecule has 1 aromatic carbocycles. The summed E-state index contributed by atoms with van der Waals surface area (Å²) in [6.07, 6.45) is 3.84. The van der Waals surface area contributed by atoms with E-state index in [0.29, 0.717) is 57.2 Å². The number of aliphatic imine (C=N–C) groups is 1. The summed E-state index contributed by atoms with van der Waals surface area (Å²) in [6, 6.07) is 7.33. The first-order valence-electron chi connectivity index (χ1n) is 11.0. The Labute approximate surface area is 210 Å². The summed E-state index contributed by atoms with van der Waals surface area (Å²) < 4.78 is 37.7. The van der Waals surface area contributed by atoms with Crippen molar-refractivity contribution in [2.45, 2.75) is 38.6 Å². The lowest BCUT2D eigenvalue weighted by molar-refractivity contribution is 0.0963. The Hall–Kier alpha value is -2.37. The number of carbonyl (C=O) groups excluding carboxylic acids is 1. The Bertz CT molecular complexity index is 888. The second-order valence-corrected chi connectivity index (χ2v) is 7.58. The van der Waals surface area contributed by atoms with Crippen LogP contribution >= 0.6 is 24.0 Å². The molecule has 0 saturated carbocycles. The van der Waals surface area contributed by atoms with E-state index in [9.17, 15) is 13.6 Å². The summed E-state index contributed by atoms with van der Waals surface area (Å²) in [7, 11) is 0. The van der Waals surface area contributed by atoms with Crippen LogP contribution in [0.3, 0.4) is 0 Å². The van der Waals surface area contributed by atoms with Crippen molar-refractivity contribution in [1.82, 2.24) is 15.5 Å². The van der Waals surface area contributed by atoms with Crippen LogP contribution in [0.1, 0.15) is 31.1 Å². The van der Waals surface area contributed by atoms with Gasteiger partial charge in [-0.1, -0.05) is 0 Å². The quantitative estimate of drug-likeness (QED) is 0.281. The summed E-state index contributed by atoms with van der Waals surface area (Å²) >= 11 is 0. The SMILES string of the molecule is CCOC(=O)N1CCC(NC(=NCCc2ccco2)NCCc2cc(F)ccc2F)CC1.I. The van der Waals surface area contributed by atoms with E-state index in [-0.39, 0.29) is 36.1 Å². The highest BCUT2D eigenvalue weighted by Crippen LogP contribution is 2.12. The average Bonchev–Trinajstić information content (AvgIpc) is 3.30. The number of hydrogen-bond acceptors (Lipinski definition) is 4. The zero-order valence-corrected chi connectivity index (χ0v) is 21.0. The maximum Gasteiger partial charge on any atom is 0.409 e. The second kappa shape index (κ2) is 14.0. The zero-order chi connectivity index (χ0) is 22.8. The molecule has 1 aliphatic heterocycles. The molecule has 10 heteroatoms. The molecule has 0 atom stereocenters. The predicted molar refractivity (Wildman–Crippen MR) is 133 cm³/mol. The smallest absolute Gasteiger partial charge is 0.409 e. The molecule has 0 spiro atoms. The number of hydrogen-bond donors (Lipinski definition) is 2. The number of nitrogens with zero attached hydrogens (tertiary/aromatic N) is 2. The van der Waals surface area contributed by atoms with Crippen molar-refractivity contribution in [3.8, 4) is 0 Å². The number of piperidine rings is 1. The summed E-state index contributed by atoms with van der Waals surface area (Å²) in [4.78, 5) is 18.2. The van der Waals surface area contributed by atoms with Crippen molar-refractivity contribution in [1.29, 1.82) is 0 Å². The Balaban J connectivity index is 0.00000385. The molecular weight excluding hydrogens is 545 g/mol. The fraction of sp³-hybridized carbons (Fsp3) is 0.478. The van der Waals surface area contributed by atoms with Crippen molar-refractivity contribution in [2.24, 2.45) is 4.99 Å². The van der Waals surface area contributed by atoms with E-state index in [1.807, 2.05) is 12.1 Å². The Morgan fingerprint density at radius 2 is 2.03 bits per heavy atom. The van der Waals surface area contributed by atoms with Crippen molar-refractivity contribution >= 4 is 36.0 Å². The standard InChI is InChI=1S/C23H30F2N4O3.HI/c1-2-31-23(30)29-13-9-19(10-14-29)28-22(27-12-8-20-4-3-15-32-20)26-11-7-17-16-18(24)5-6-21(17)25;/h3-6,15-16,19H,2,7-14H2,1H3,(H2,26,27,28);1H. The van der Waals surface area contributed by atoms with E-state index < -0.39 is 11.6 Å². The van der Waals surface area contributed by atoms with Gasteiger partial charge in [0, 0.05) is 38.6 Å². The fourth-order valence-corrected chi connectivity index (χ4v) is 3.55. The van der Waals surface area contributed by atoms with Gasteiger partial charge in [0.1, 0.15) is 17.4 Å². The highest BCUT2D eigenvalue weighted by atomic mass is 127. The summed E-state index contributed by atoms with van der Waals surface area (Å²) in [5, 5.41) is 6.61. The first-order valence-corrected chi connectivity index (χ1v) is 11.0. The van der Waals surface area contributed by atoms with Crippen LogP contribution in [0.5, 0.6) is 0 Å². The molecule has 7 nitrogen and oxygen atoms in total. The van der Waals surface area contributed by atoms with E-state index in [1.54, 1.807) is 18.1 Å². The number of rotatable bonds is 8. The van der Waals surface area contributed by atoms with Crippen molar-refractivity contribution in [3.63, 3.8) is 0 Å². The number of benzene rings is 1. The Morgan fingerprint density at radius 1 is 1.24 bits per heavy atom. The highest BCUT2D eigenvalue weighted by Gasteiger charge is 2.24. The van der Waals surface area contributed by atoms with E-state index in [1.165, 1.54) is 6.07 Å². The molecule has 0 unspecified atom stereocenters. The van der Waals surface area contributed by atoms with Gasteiger partial charge in [0.05, 0.1) is 12.9 Å². The molecular formula is C23H31F2IN4O3. The minimum absolute atomic E-state index is 0. The number of carbonyl (C=O) groups is 1. The molecule has 1 fully saturated rings. The monoisotopic (exact) mass is 576 g/mol. The van der Waals surface area contributed by atoms with Gasteiger partial charge in [-0.05, 0) is 62.1 Å². The molecule has 2 aromatic rings. The van der Waals surface area contributed by atoms with Crippen LogP contribution in [0.15, 0.2) is 46.0 Å². The molecule has 1 aromatic heterocycles. The van der Waals surface area contributed by atoms with Crippen LogP contribution < -0.4 is 10.6 Å². The molecule has 0 bridgehead atoms. The van der Waals surface area contributed by atoms with E-state index >= 15 is 0 Å². The molecule has 1 amide bonds. The number of guanidine groups is 1. The van der Waals surface area contributed by atoms with Gasteiger partial charge in [0.25, 0.3) is 0 Å². The van der Waals surface area contributed by atoms with Crippen LogP contribution in [0.2, 0.25) is 0 Å². The predicted octanol–water partition coefficient (Wildman–Crippen LogP) is 4.12. The van der Waals surface area contributed by atoms with Crippen molar-refractivity contribution in [2.75, 3.05) is 32.8 Å². The lowest BCUT2D eigenvalue weighted by Gasteiger charge is -2.32. The van der Waals surface area contributed by atoms with Gasteiger partial charge in [-0.3, -0.25) is 4.99 Å². The number of amides is 1. The van der Waals surface area contributed by atoms with Crippen molar-refractivity contribution < 1.29 is 22.7 Å². The van der Waals surface area contributed by atoms with Gasteiger partial charge < -0.3 is 24.7 Å². The van der Waals surface area contributed by atoms with Gasteiger partial charge >= 0.3 is 6.09 Å². The van der Waals surface area contributed by atoms with E-state index in [0.717, 1.165) is 30.7 Å². The number of ether oxygens (including phenoxy) is 1. The lowest BCUT2D eigenvalue weighted by atomic mass is 10.1. The third-order valence-corrected chi connectivity index (χ3v) is 5.26. The molecule has 1 aliphatic rings. The van der Waals surface area contributed by atoms with Crippen LogP contribution in [0.4, 0.5) is 13.6 Å². The van der Waals surface area contributed by atoms with Crippen LogP contribution in [-0.2, 0) is 17.6 Å². The summed E-state index contributed by atoms with van der Waals surface area (Å²) in [5.41, 5.74) is 0.315. The lowest BCUT2D eigenvalue weighted by Crippen LogP contribution is -2.50. The summed E-state index contributed by atoms with van der Waals surface area (Å²) in [5.74, 6) is 0.560. The van der Waals surface area contributed by atoms with Crippen LogP contribution in [-0.4, -0.2) is 55.8 Å². The van der Waals surface area contributed by atoms with Gasteiger partial charge in [-0.2, -0.15) is 0 Å². The molecule has 1 saturated heterocycles. The maximum absolute atomic E-state index is 13.9. The van der Waals surface area contributed by atoms with E-state index in [4.69, 9.17) is 9.15 Å². The highest BCUT2D eigenvalue weighted by molar-refractivity contribution is 14.0. The molecule has 3 rings (SSSR count). The fourth-order valence-electron chi connectivity index (χ4n) is 3.55. The topological polar surface area (TPSA) is 79.1 Å². The first kappa shape index (κ1) is 26.9. The number of nitrogens with one attached hydrogen (secondary N) is 2. The number of likely N-dealkylation sites (tertiary alicyclic amines) is 1. The first-order chi connectivity index (χ1) is 15.5. The van der Waals surface area contributed by atoms with Crippen LogP contribution in [0, 0.1) is 11.6 Å². The summed E-state index contributed by atoms with van der Waals surface area (Å²) in [6.45, 7) is 4.27. The maximum atomic E-state index is 13.9. The van der Waals surface area contributed by atoms with Gasteiger partial charge in [0.15, 0.2) is 5.96 Å². The normalized spacial score (nSPS) is 14.5. The van der Waals surface area contributed by atoms with Gasteiger partial charge in [-0.25, -0.2) is 13.6 Å². The minimum Gasteiger partial charge on any atom is -0.469 e. The van der Waals surface area contributed by atoms with Gasteiger partial charge in [-0.15, -0.1) is 24.0 Å². The average molecular weight is 576 g/mol. The van der Waals surface area contributed by atoms with Crippen molar-refractivity contribution in [3.05, 3.63) is 59.6 Å². The van der Waals surface area contributed by atoms with E-state index in [2.05, 4.69) is 15.6 Å². The molecule has 0 radical (unpaired) electrons. The van der Waals surface area contributed by atoms with Gasteiger partial charge in [0.2, 0.25) is 0 Å². The zero-order valence-electron chi connectivity index (χ0n) is 18.7. The Kier molecular flexibility index (Phi) is 11.4. The second-order valence-electron chi connectivity index (χ2n) is 7.58. The number of furan rings is 1. The molecule has 33 heavy (non-hydrogen) atoms. The molecule has 0 aliphatic carbocycles. The minimum atomic E-state index is -0.458. The van der Waals surface area contributed by atoms with Crippen LogP contribution in [0.25, 0.3) is 0 Å². The number of halogens is 3. The largest absolute Gasteiger partial charge is 0.469 e. The molecule has 2 heterocycles. The molecule has 2 N–H and O–H groups in total. The molecule has 182 valence electrons. The Morgan fingerprint density at radius 3 is 2.73 bits per heavy atom.